The molecule has 0 spiro atoms. The van der Waals surface area contributed by atoms with Gasteiger partial charge in [0.2, 0.25) is 0 Å². The topological polar surface area (TPSA) is 47.6 Å². The third-order valence-corrected chi connectivity index (χ3v) is 3.45. The molecule has 23 heavy (non-hydrogen) atoms. The molecule has 0 aromatic heterocycles. The van der Waals surface area contributed by atoms with Crippen molar-refractivity contribution in [1.82, 2.24) is 5.32 Å². The maximum atomic E-state index is 13.1. The van der Waals surface area contributed by atoms with Crippen LogP contribution in [0.2, 0.25) is 0 Å². The van der Waals surface area contributed by atoms with Crippen LogP contribution in [0.4, 0.5) is 4.39 Å². The molecule has 0 saturated carbocycles. The Kier molecular flexibility index (Phi) is 6.26. The number of rotatable bonds is 7. The fraction of sp³-hybridized carbons (Fsp3) is 0.278. The summed E-state index contributed by atoms with van der Waals surface area (Å²) in [7, 11) is 2.98. The molecule has 0 saturated heterocycles. The van der Waals surface area contributed by atoms with E-state index in [1.54, 1.807) is 19.2 Å². The lowest BCUT2D eigenvalue weighted by Crippen LogP contribution is -2.29. The summed E-state index contributed by atoms with van der Waals surface area (Å²) in [5.41, 5.74) is 2.74. The number of ether oxygens (including phenoxy) is 2. The molecule has 0 heterocycles. The number of carbonyl (C=O) groups is 1. The van der Waals surface area contributed by atoms with Gasteiger partial charge >= 0.3 is 5.97 Å². The number of hydrogen-bond acceptors (Lipinski definition) is 4. The fourth-order valence-corrected chi connectivity index (χ4v) is 2.33. The normalized spacial score (nSPS) is 12.0. The van der Waals surface area contributed by atoms with Crippen molar-refractivity contribution in [3.8, 4) is 0 Å². The predicted molar refractivity (Wildman–Crippen MR) is 85.2 cm³/mol. The molecule has 0 aliphatic heterocycles. The quantitative estimate of drug-likeness (QED) is 0.798. The van der Waals surface area contributed by atoms with Crippen LogP contribution in [0.3, 0.4) is 0 Å². The van der Waals surface area contributed by atoms with Gasteiger partial charge in [0, 0.05) is 13.7 Å². The van der Waals surface area contributed by atoms with E-state index in [1.807, 2.05) is 24.3 Å². The first-order valence-corrected chi connectivity index (χ1v) is 7.27. The molecule has 0 fully saturated rings. The van der Waals surface area contributed by atoms with Gasteiger partial charge in [-0.25, -0.2) is 9.18 Å². The molecule has 0 bridgehead atoms. The highest BCUT2D eigenvalue weighted by molar-refractivity contribution is 5.77. The van der Waals surface area contributed by atoms with E-state index in [4.69, 9.17) is 9.47 Å². The van der Waals surface area contributed by atoms with Crippen molar-refractivity contribution in [2.45, 2.75) is 19.2 Å². The van der Waals surface area contributed by atoms with Crippen LogP contribution in [0, 0.1) is 5.82 Å². The average molecular weight is 317 g/mol. The van der Waals surface area contributed by atoms with Crippen molar-refractivity contribution >= 4 is 5.97 Å². The zero-order valence-electron chi connectivity index (χ0n) is 13.2. The second-order valence-corrected chi connectivity index (χ2v) is 5.14. The molecule has 1 unspecified atom stereocenters. The van der Waals surface area contributed by atoms with E-state index in [1.165, 1.54) is 19.2 Å². The Balaban J connectivity index is 2.11. The van der Waals surface area contributed by atoms with Crippen LogP contribution in [-0.4, -0.2) is 20.2 Å². The van der Waals surface area contributed by atoms with Crippen LogP contribution >= 0.6 is 0 Å². The second kappa shape index (κ2) is 8.41. The number of hydrogen-bond donors (Lipinski definition) is 1. The van der Waals surface area contributed by atoms with E-state index in [-0.39, 0.29) is 5.82 Å². The van der Waals surface area contributed by atoms with Crippen molar-refractivity contribution in [1.29, 1.82) is 0 Å². The molecule has 0 amide bonds. The predicted octanol–water partition coefficient (Wildman–Crippen LogP) is 2.98. The highest BCUT2D eigenvalue weighted by atomic mass is 19.1. The van der Waals surface area contributed by atoms with Gasteiger partial charge in [0.15, 0.2) is 0 Å². The first kappa shape index (κ1) is 17.1. The number of halogens is 1. The van der Waals surface area contributed by atoms with Crippen LogP contribution in [0.25, 0.3) is 0 Å². The minimum absolute atomic E-state index is 0.343. The summed E-state index contributed by atoms with van der Waals surface area (Å²) in [6, 6.07) is 13.0. The van der Waals surface area contributed by atoms with E-state index < -0.39 is 12.0 Å². The Morgan fingerprint density at radius 2 is 1.83 bits per heavy atom. The van der Waals surface area contributed by atoms with Crippen LogP contribution in [-0.2, 0) is 27.4 Å². The molecule has 2 aromatic carbocycles. The van der Waals surface area contributed by atoms with Gasteiger partial charge in [-0.05, 0) is 28.8 Å². The summed E-state index contributed by atoms with van der Waals surface area (Å²) in [4.78, 5) is 12.0. The minimum atomic E-state index is -0.647. The van der Waals surface area contributed by atoms with Gasteiger partial charge in [0.05, 0.1) is 13.7 Å². The van der Waals surface area contributed by atoms with Gasteiger partial charge in [-0.1, -0.05) is 36.4 Å². The summed E-state index contributed by atoms with van der Waals surface area (Å²) in [5.74, 6) is -0.755. The van der Waals surface area contributed by atoms with E-state index in [0.717, 1.165) is 11.1 Å². The molecule has 2 rings (SSSR count). The van der Waals surface area contributed by atoms with E-state index in [0.29, 0.717) is 18.7 Å². The second-order valence-electron chi connectivity index (χ2n) is 5.14. The van der Waals surface area contributed by atoms with Crippen molar-refractivity contribution in [2.75, 3.05) is 14.2 Å². The Morgan fingerprint density at radius 1 is 1.13 bits per heavy atom. The minimum Gasteiger partial charge on any atom is -0.468 e. The van der Waals surface area contributed by atoms with Crippen LogP contribution in [0.5, 0.6) is 0 Å². The summed E-state index contributed by atoms with van der Waals surface area (Å²) in [6.45, 7) is 1.01. The first-order valence-electron chi connectivity index (χ1n) is 7.27. The van der Waals surface area contributed by atoms with Crippen molar-refractivity contribution in [3.63, 3.8) is 0 Å². The summed E-state index contributed by atoms with van der Waals surface area (Å²) < 4.78 is 23.0. The molecular formula is C18H20FNO3. The lowest BCUT2D eigenvalue weighted by Gasteiger charge is -2.17. The Labute approximate surface area is 135 Å². The maximum Gasteiger partial charge on any atom is 0.327 e. The van der Waals surface area contributed by atoms with E-state index in [2.05, 4.69) is 5.32 Å². The molecular weight excluding hydrogens is 297 g/mol. The van der Waals surface area contributed by atoms with Gasteiger partial charge in [-0.3, -0.25) is 5.32 Å². The molecule has 122 valence electrons. The lowest BCUT2D eigenvalue weighted by molar-refractivity contribution is -0.143. The Bertz CT molecular complexity index is 643. The Morgan fingerprint density at radius 3 is 2.48 bits per heavy atom. The number of methoxy groups -OCH3 is 2. The maximum absolute atomic E-state index is 13.1. The number of benzene rings is 2. The molecule has 0 aliphatic rings. The molecule has 1 atom stereocenters. The lowest BCUT2D eigenvalue weighted by atomic mass is 10.1. The Hall–Kier alpha value is -2.24. The summed E-state index contributed by atoms with van der Waals surface area (Å²) in [6.07, 6.45) is 0. The van der Waals surface area contributed by atoms with Crippen molar-refractivity contribution in [3.05, 3.63) is 71.0 Å². The summed E-state index contributed by atoms with van der Waals surface area (Å²) in [5, 5.41) is 3.15. The van der Waals surface area contributed by atoms with Gasteiger partial charge in [-0.15, -0.1) is 0 Å². The molecule has 5 heteroatoms. The van der Waals surface area contributed by atoms with Gasteiger partial charge in [0.25, 0.3) is 0 Å². The fourth-order valence-electron chi connectivity index (χ4n) is 2.33. The van der Waals surface area contributed by atoms with Crippen molar-refractivity contribution < 1.29 is 18.7 Å². The molecule has 2 aromatic rings. The van der Waals surface area contributed by atoms with Gasteiger partial charge < -0.3 is 9.47 Å². The van der Waals surface area contributed by atoms with Crippen LogP contribution in [0.1, 0.15) is 22.7 Å². The molecule has 0 aliphatic carbocycles. The van der Waals surface area contributed by atoms with Gasteiger partial charge in [0.1, 0.15) is 11.9 Å². The highest BCUT2D eigenvalue weighted by Gasteiger charge is 2.20. The van der Waals surface area contributed by atoms with E-state index >= 15 is 0 Å². The largest absolute Gasteiger partial charge is 0.468 e. The first-order chi connectivity index (χ1) is 11.1. The monoisotopic (exact) mass is 317 g/mol. The standard InChI is InChI=1S/C18H20FNO3/c1-22-12-14-5-3-4-13(10-14)11-20-17(18(21)23-2)15-6-8-16(19)9-7-15/h3-10,17,20H,11-12H2,1-2H3. The SMILES string of the molecule is COCc1cccc(CNC(C(=O)OC)c2ccc(F)cc2)c1. The third-order valence-electron chi connectivity index (χ3n) is 3.45. The average Bonchev–Trinajstić information content (AvgIpc) is 2.57. The summed E-state index contributed by atoms with van der Waals surface area (Å²) >= 11 is 0. The number of carbonyl (C=O) groups excluding carboxylic acids is 1. The highest BCUT2D eigenvalue weighted by Crippen LogP contribution is 2.16. The zero-order valence-corrected chi connectivity index (χ0v) is 13.2. The third kappa shape index (κ3) is 4.87. The van der Waals surface area contributed by atoms with Gasteiger partial charge in [-0.2, -0.15) is 0 Å². The molecule has 1 N–H and O–H groups in total. The number of esters is 1. The van der Waals surface area contributed by atoms with Crippen molar-refractivity contribution in [2.24, 2.45) is 0 Å². The number of nitrogens with one attached hydrogen (secondary N) is 1. The smallest absolute Gasteiger partial charge is 0.327 e. The van der Waals surface area contributed by atoms with Crippen LogP contribution in [0.15, 0.2) is 48.5 Å². The molecule has 4 nitrogen and oxygen atoms in total. The van der Waals surface area contributed by atoms with Crippen LogP contribution < -0.4 is 5.32 Å². The zero-order chi connectivity index (χ0) is 16.7. The van der Waals surface area contributed by atoms with E-state index in [9.17, 15) is 9.18 Å². The molecule has 0 radical (unpaired) electrons.